The van der Waals surface area contributed by atoms with E-state index in [9.17, 15) is 4.79 Å². The highest BCUT2D eigenvalue weighted by Gasteiger charge is 2.34. The van der Waals surface area contributed by atoms with E-state index in [1.54, 1.807) is 7.11 Å². The predicted octanol–water partition coefficient (Wildman–Crippen LogP) is 5.90. The van der Waals surface area contributed by atoms with Gasteiger partial charge < -0.3 is 9.47 Å². The van der Waals surface area contributed by atoms with Crippen LogP contribution in [0.5, 0.6) is 11.5 Å². The summed E-state index contributed by atoms with van der Waals surface area (Å²) in [4.78, 5) is 15.1. The summed E-state index contributed by atoms with van der Waals surface area (Å²) in [6.45, 7) is 4.85. The summed E-state index contributed by atoms with van der Waals surface area (Å²) in [5.41, 5.74) is 1.54. The Morgan fingerprint density at radius 3 is 2.64 bits per heavy atom. The lowest BCUT2D eigenvalue weighted by molar-refractivity contribution is -0.113. The third-order valence-electron chi connectivity index (χ3n) is 3.95. The van der Waals surface area contributed by atoms with Crippen molar-refractivity contribution in [3.63, 3.8) is 0 Å². The first-order valence-electron chi connectivity index (χ1n) is 8.74. The number of hydrogen-bond donors (Lipinski definition) is 0. The number of para-hydroxylation sites is 2. The van der Waals surface area contributed by atoms with Gasteiger partial charge in [0.25, 0.3) is 5.91 Å². The Kier molecular flexibility index (Phi) is 6.80. The number of halogens is 1. The van der Waals surface area contributed by atoms with E-state index in [-0.39, 0.29) is 5.91 Å². The molecule has 1 aliphatic heterocycles. The van der Waals surface area contributed by atoms with Gasteiger partial charge in [-0.3, -0.25) is 9.69 Å². The molecule has 1 heterocycles. The monoisotopic (exact) mass is 477 g/mol. The third-order valence-corrected chi connectivity index (χ3v) is 5.87. The molecule has 2 aromatic carbocycles. The van der Waals surface area contributed by atoms with Crippen LogP contribution in [0.3, 0.4) is 0 Å². The van der Waals surface area contributed by atoms with Crippen LogP contribution in [0.25, 0.3) is 6.08 Å². The maximum atomic E-state index is 13.0. The summed E-state index contributed by atoms with van der Waals surface area (Å²) in [5.74, 6) is 1.68. The Hall–Kier alpha value is -1.83. The molecule has 1 aliphatic rings. The second-order valence-corrected chi connectivity index (χ2v) is 9.11. The quantitative estimate of drug-likeness (QED) is 0.382. The summed E-state index contributed by atoms with van der Waals surface area (Å²) in [6, 6.07) is 13.1. The van der Waals surface area contributed by atoms with Gasteiger partial charge in [-0.1, -0.05) is 56.0 Å². The van der Waals surface area contributed by atoms with Crippen molar-refractivity contribution in [2.24, 2.45) is 5.92 Å². The average molecular weight is 478 g/mol. The summed E-state index contributed by atoms with van der Waals surface area (Å²) in [6.07, 6.45) is 1.84. The number of thioether (sulfide) groups is 1. The van der Waals surface area contributed by atoms with Crippen LogP contribution in [0.15, 0.2) is 51.8 Å². The van der Waals surface area contributed by atoms with Crippen LogP contribution in [-0.4, -0.2) is 23.9 Å². The highest BCUT2D eigenvalue weighted by Crippen LogP contribution is 2.40. The number of nitrogens with zero attached hydrogens (tertiary/aromatic N) is 1. The van der Waals surface area contributed by atoms with E-state index in [1.165, 1.54) is 16.7 Å². The molecular weight excluding hydrogens is 458 g/mol. The smallest absolute Gasteiger partial charge is 0.270 e. The van der Waals surface area contributed by atoms with Crippen LogP contribution < -0.4 is 14.4 Å². The number of hydrogen-bond acceptors (Lipinski definition) is 5. The fourth-order valence-electron chi connectivity index (χ4n) is 2.62. The van der Waals surface area contributed by atoms with Gasteiger partial charge in [-0.15, -0.1) is 0 Å². The molecule has 146 valence electrons. The number of anilines is 1. The van der Waals surface area contributed by atoms with Crippen molar-refractivity contribution in [3.8, 4) is 11.5 Å². The fraction of sp³-hybridized carbons (Fsp3) is 0.238. The van der Waals surface area contributed by atoms with Gasteiger partial charge in [0.05, 0.1) is 28.8 Å². The van der Waals surface area contributed by atoms with Gasteiger partial charge in [0.15, 0.2) is 4.32 Å². The summed E-state index contributed by atoms with van der Waals surface area (Å²) in [7, 11) is 1.58. The molecule has 0 atom stereocenters. The second-order valence-electron chi connectivity index (χ2n) is 6.58. The normalized spacial score (nSPS) is 15.6. The minimum Gasteiger partial charge on any atom is -0.495 e. The molecule has 0 N–H and O–H groups in total. The van der Waals surface area contributed by atoms with Crippen molar-refractivity contribution in [3.05, 3.63) is 57.4 Å². The van der Waals surface area contributed by atoms with E-state index >= 15 is 0 Å². The molecule has 0 radical (unpaired) electrons. The van der Waals surface area contributed by atoms with Gasteiger partial charge in [-0.25, -0.2) is 0 Å². The summed E-state index contributed by atoms with van der Waals surface area (Å²) >= 11 is 10.3. The van der Waals surface area contributed by atoms with Crippen LogP contribution in [0.4, 0.5) is 5.69 Å². The molecular formula is C21H20BrNO3S2. The maximum absolute atomic E-state index is 13.0. The molecule has 0 unspecified atom stereocenters. The largest absolute Gasteiger partial charge is 0.495 e. The Balaban J connectivity index is 1.85. The van der Waals surface area contributed by atoms with Crippen molar-refractivity contribution in [1.82, 2.24) is 0 Å². The molecule has 28 heavy (non-hydrogen) atoms. The highest BCUT2D eigenvalue weighted by molar-refractivity contribution is 9.10. The molecule has 0 aliphatic carbocycles. The van der Waals surface area contributed by atoms with E-state index in [1.807, 2.05) is 48.5 Å². The van der Waals surface area contributed by atoms with Crippen molar-refractivity contribution in [2.45, 2.75) is 13.8 Å². The number of ether oxygens (including phenoxy) is 2. The molecule has 0 aromatic heterocycles. The van der Waals surface area contributed by atoms with Gasteiger partial charge >= 0.3 is 0 Å². The van der Waals surface area contributed by atoms with Crippen molar-refractivity contribution in [2.75, 3.05) is 18.6 Å². The molecule has 4 nitrogen and oxygen atoms in total. The Labute approximate surface area is 183 Å². The van der Waals surface area contributed by atoms with Gasteiger partial charge in [0.1, 0.15) is 11.5 Å². The van der Waals surface area contributed by atoms with Gasteiger partial charge in [0.2, 0.25) is 0 Å². The predicted molar refractivity (Wildman–Crippen MR) is 123 cm³/mol. The zero-order valence-corrected chi connectivity index (χ0v) is 19.0. The van der Waals surface area contributed by atoms with Gasteiger partial charge in [-0.2, -0.15) is 0 Å². The minimum absolute atomic E-state index is 0.157. The van der Waals surface area contributed by atoms with E-state index in [0.717, 1.165) is 15.8 Å². The SMILES string of the molecule is COc1ccccc1N1C(=O)/C(=C\c2ccc(OCC(C)C)c(Br)c2)SC1=S. The van der Waals surface area contributed by atoms with Crippen molar-refractivity contribution >= 4 is 61.9 Å². The van der Waals surface area contributed by atoms with E-state index in [2.05, 4.69) is 29.8 Å². The number of carbonyl (C=O) groups excluding carboxylic acids is 1. The molecule has 2 aromatic rings. The minimum atomic E-state index is -0.157. The maximum Gasteiger partial charge on any atom is 0.270 e. The van der Waals surface area contributed by atoms with Crippen LogP contribution in [-0.2, 0) is 4.79 Å². The number of carbonyl (C=O) groups is 1. The van der Waals surface area contributed by atoms with Crippen LogP contribution in [0.2, 0.25) is 0 Å². The Bertz CT molecular complexity index is 943. The van der Waals surface area contributed by atoms with Crippen LogP contribution in [0.1, 0.15) is 19.4 Å². The highest BCUT2D eigenvalue weighted by atomic mass is 79.9. The van der Waals surface area contributed by atoms with E-state index in [0.29, 0.717) is 33.2 Å². The lowest BCUT2D eigenvalue weighted by Crippen LogP contribution is -2.27. The first-order chi connectivity index (χ1) is 13.4. The number of amides is 1. The van der Waals surface area contributed by atoms with Crippen molar-refractivity contribution < 1.29 is 14.3 Å². The average Bonchev–Trinajstić information content (AvgIpc) is 2.94. The summed E-state index contributed by atoms with van der Waals surface area (Å²) < 4.78 is 12.5. The lowest BCUT2D eigenvalue weighted by atomic mass is 10.2. The number of methoxy groups -OCH3 is 1. The lowest BCUT2D eigenvalue weighted by Gasteiger charge is -2.17. The zero-order chi connectivity index (χ0) is 20.3. The molecule has 0 bridgehead atoms. The molecule has 0 spiro atoms. The topological polar surface area (TPSA) is 38.8 Å². The number of rotatable bonds is 6. The Morgan fingerprint density at radius 1 is 1.21 bits per heavy atom. The molecule has 3 rings (SSSR count). The fourth-order valence-corrected chi connectivity index (χ4v) is 4.42. The molecule has 0 saturated carbocycles. The van der Waals surface area contributed by atoms with Gasteiger partial charge in [0, 0.05) is 0 Å². The molecule has 1 fully saturated rings. The molecule has 1 saturated heterocycles. The van der Waals surface area contributed by atoms with E-state index in [4.69, 9.17) is 21.7 Å². The second kappa shape index (κ2) is 9.11. The Morgan fingerprint density at radius 2 is 1.96 bits per heavy atom. The molecule has 1 amide bonds. The number of benzene rings is 2. The first kappa shape index (κ1) is 20.9. The molecule has 7 heteroatoms. The van der Waals surface area contributed by atoms with E-state index < -0.39 is 0 Å². The summed E-state index contributed by atoms with van der Waals surface area (Å²) in [5, 5.41) is 0. The number of thiocarbonyl (C=S) groups is 1. The van der Waals surface area contributed by atoms with Crippen molar-refractivity contribution in [1.29, 1.82) is 0 Å². The van der Waals surface area contributed by atoms with Crippen LogP contribution >= 0.6 is 39.9 Å². The first-order valence-corrected chi connectivity index (χ1v) is 10.8. The third kappa shape index (κ3) is 4.59. The van der Waals surface area contributed by atoms with Gasteiger partial charge in [-0.05, 0) is 57.8 Å². The zero-order valence-electron chi connectivity index (χ0n) is 15.8. The van der Waals surface area contributed by atoms with Crippen LogP contribution in [0, 0.1) is 5.92 Å². The standard InChI is InChI=1S/C21H20BrNO3S2/c1-13(2)12-26-17-9-8-14(10-15(17)22)11-19-20(24)23(21(27)28-19)16-6-4-5-7-18(16)25-3/h4-11,13H,12H2,1-3H3/b19-11+.